The molecule has 0 aliphatic heterocycles. The van der Waals surface area contributed by atoms with E-state index in [0.29, 0.717) is 17.0 Å². The summed E-state index contributed by atoms with van der Waals surface area (Å²) in [7, 11) is 0. The molecule has 6 heteroatoms. The summed E-state index contributed by atoms with van der Waals surface area (Å²) in [6.45, 7) is 3.90. The predicted molar refractivity (Wildman–Crippen MR) is 117 cm³/mol. The highest BCUT2D eigenvalue weighted by Gasteiger charge is 2.17. The average molecular weight is 407 g/mol. The standard InChI is InChI=1S/C23H22N2O3S/c1-3-29-21-13-7-6-12-19(21)24-23(27)20(15-17-10-8-14-28-17)25-22(26)18-11-5-4-9-16(18)2/h4-15H,3H2,1-2H3,(H,24,27)(H,25,26)/b20-15-. The van der Waals surface area contributed by atoms with E-state index < -0.39 is 5.91 Å². The SMILES string of the molecule is CCSc1ccccc1NC(=O)/C(=C/c1ccco1)NC(=O)c1ccccc1C. The minimum atomic E-state index is -0.424. The van der Waals surface area contributed by atoms with Crippen molar-refractivity contribution in [3.05, 3.63) is 89.5 Å². The van der Waals surface area contributed by atoms with Crippen LogP contribution in [0.3, 0.4) is 0 Å². The van der Waals surface area contributed by atoms with Crippen LogP contribution in [0.25, 0.3) is 6.08 Å². The number of furan rings is 1. The second-order valence-electron chi connectivity index (χ2n) is 6.23. The van der Waals surface area contributed by atoms with Crippen LogP contribution in [0.15, 0.2) is 81.9 Å². The number of carbonyl (C=O) groups excluding carboxylic acids is 2. The smallest absolute Gasteiger partial charge is 0.272 e. The van der Waals surface area contributed by atoms with E-state index in [1.807, 2.05) is 50.2 Å². The first-order valence-corrected chi connectivity index (χ1v) is 10.2. The van der Waals surface area contributed by atoms with E-state index in [2.05, 4.69) is 10.6 Å². The van der Waals surface area contributed by atoms with Gasteiger partial charge in [0.05, 0.1) is 12.0 Å². The van der Waals surface area contributed by atoms with E-state index in [0.717, 1.165) is 16.2 Å². The third kappa shape index (κ3) is 5.39. The van der Waals surface area contributed by atoms with Crippen LogP contribution >= 0.6 is 11.8 Å². The van der Waals surface area contributed by atoms with Gasteiger partial charge in [-0.1, -0.05) is 37.3 Å². The topological polar surface area (TPSA) is 71.3 Å². The van der Waals surface area contributed by atoms with Crippen molar-refractivity contribution in [3.63, 3.8) is 0 Å². The molecule has 2 aromatic carbocycles. The van der Waals surface area contributed by atoms with Gasteiger partial charge < -0.3 is 15.1 Å². The molecule has 2 amide bonds. The maximum atomic E-state index is 13.0. The van der Waals surface area contributed by atoms with Gasteiger partial charge in [-0.2, -0.15) is 0 Å². The lowest BCUT2D eigenvalue weighted by Crippen LogP contribution is -2.31. The zero-order valence-electron chi connectivity index (χ0n) is 16.3. The molecule has 0 saturated carbocycles. The van der Waals surface area contributed by atoms with Crippen molar-refractivity contribution in [1.82, 2.24) is 5.32 Å². The van der Waals surface area contributed by atoms with Crippen molar-refractivity contribution in [2.75, 3.05) is 11.1 Å². The molecule has 2 N–H and O–H groups in total. The number of thioether (sulfide) groups is 1. The highest BCUT2D eigenvalue weighted by atomic mass is 32.2. The first kappa shape index (κ1) is 20.5. The number of hydrogen-bond donors (Lipinski definition) is 2. The molecule has 0 bridgehead atoms. The summed E-state index contributed by atoms with van der Waals surface area (Å²) in [4.78, 5) is 26.7. The molecule has 3 rings (SSSR count). The van der Waals surface area contributed by atoms with Crippen LogP contribution in [-0.4, -0.2) is 17.6 Å². The molecule has 0 unspecified atom stereocenters. The lowest BCUT2D eigenvalue weighted by Gasteiger charge is -2.14. The largest absolute Gasteiger partial charge is 0.465 e. The zero-order valence-corrected chi connectivity index (χ0v) is 17.1. The monoisotopic (exact) mass is 406 g/mol. The maximum Gasteiger partial charge on any atom is 0.272 e. The van der Waals surface area contributed by atoms with Crippen LogP contribution in [0, 0.1) is 6.92 Å². The number of hydrogen-bond acceptors (Lipinski definition) is 4. The summed E-state index contributed by atoms with van der Waals surface area (Å²) in [5.41, 5.74) is 2.13. The van der Waals surface area contributed by atoms with E-state index in [-0.39, 0.29) is 11.6 Å². The number of rotatable bonds is 7. The summed E-state index contributed by atoms with van der Waals surface area (Å²) >= 11 is 1.63. The Morgan fingerprint density at radius 2 is 1.79 bits per heavy atom. The van der Waals surface area contributed by atoms with Gasteiger partial charge in [-0.05, 0) is 48.6 Å². The van der Waals surface area contributed by atoms with E-state index in [1.54, 1.807) is 36.0 Å². The van der Waals surface area contributed by atoms with Gasteiger partial charge in [0.15, 0.2) is 0 Å². The van der Waals surface area contributed by atoms with Gasteiger partial charge in [-0.25, -0.2) is 0 Å². The lowest BCUT2D eigenvalue weighted by atomic mass is 10.1. The van der Waals surface area contributed by atoms with Crippen molar-refractivity contribution >= 4 is 35.3 Å². The molecule has 5 nitrogen and oxygen atoms in total. The summed E-state index contributed by atoms with van der Waals surface area (Å²) in [6.07, 6.45) is 3.03. The van der Waals surface area contributed by atoms with Gasteiger partial charge in [-0.3, -0.25) is 9.59 Å². The van der Waals surface area contributed by atoms with E-state index >= 15 is 0 Å². The normalized spacial score (nSPS) is 11.2. The summed E-state index contributed by atoms with van der Waals surface area (Å²) in [6, 6.07) is 18.2. The van der Waals surface area contributed by atoms with E-state index in [1.165, 1.54) is 12.3 Å². The van der Waals surface area contributed by atoms with Crippen LogP contribution in [0.2, 0.25) is 0 Å². The average Bonchev–Trinajstić information content (AvgIpc) is 3.22. The van der Waals surface area contributed by atoms with Gasteiger partial charge in [0.25, 0.3) is 11.8 Å². The molecule has 148 valence electrons. The molecule has 3 aromatic rings. The van der Waals surface area contributed by atoms with Crippen molar-refractivity contribution in [2.45, 2.75) is 18.7 Å². The third-order valence-electron chi connectivity index (χ3n) is 4.15. The summed E-state index contributed by atoms with van der Waals surface area (Å²) in [5.74, 6) is 0.572. The first-order valence-electron chi connectivity index (χ1n) is 9.24. The fraction of sp³-hybridized carbons (Fsp3) is 0.130. The minimum Gasteiger partial charge on any atom is -0.465 e. The molecule has 0 atom stereocenters. The molecule has 1 heterocycles. The summed E-state index contributed by atoms with van der Waals surface area (Å²) in [5, 5.41) is 5.62. The Hall–Kier alpha value is -3.25. The van der Waals surface area contributed by atoms with Gasteiger partial charge in [0.1, 0.15) is 11.5 Å². The Balaban J connectivity index is 1.87. The zero-order chi connectivity index (χ0) is 20.6. The highest BCUT2D eigenvalue weighted by molar-refractivity contribution is 7.99. The molecule has 0 aliphatic rings. The summed E-state index contributed by atoms with van der Waals surface area (Å²) < 4.78 is 5.33. The van der Waals surface area contributed by atoms with Crippen LogP contribution in [-0.2, 0) is 4.79 Å². The number of benzene rings is 2. The van der Waals surface area contributed by atoms with Gasteiger partial charge in [-0.15, -0.1) is 11.8 Å². The van der Waals surface area contributed by atoms with Gasteiger partial charge in [0.2, 0.25) is 0 Å². The molecule has 29 heavy (non-hydrogen) atoms. The second kappa shape index (κ2) is 9.80. The third-order valence-corrected chi connectivity index (χ3v) is 5.10. The van der Waals surface area contributed by atoms with E-state index in [9.17, 15) is 9.59 Å². The van der Waals surface area contributed by atoms with Crippen molar-refractivity contribution in [3.8, 4) is 0 Å². The number of carbonyl (C=O) groups is 2. The molecular formula is C23H22N2O3S. The molecule has 0 fully saturated rings. The van der Waals surface area contributed by atoms with Crippen LogP contribution in [0.5, 0.6) is 0 Å². The van der Waals surface area contributed by atoms with Crippen molar-refractivity contribution in [2.24, 2.45) is 0 Å². The minimum absolute atomic E-state index is 0.101. The fourth-order valence-electron chi connectivity index (χ4n) is 2.73. The quantitative estimate of drug-likeness (QED) is 0.422. The molecule has 1 aromatic heterocycles. The van der Waals surface area contributed by atoms with Crippen LogP contribution < -0.4 is 10.6 Å². The highest BCUT2D eigenvalue weighted by Crippen LogP contribution is 2.27. The van der Waals surface area contributed by atoms with Crippen LogP contribution in [0.4, 0.5) is 5.69 Å². The molecule has 0 aliphatic carbocycles. The van der Waals surface area contributed by atoms with E-state index in [4.69, 9.17) is 4.42 Å². The number of nitrogens with one attached hydrogen (secondary N) is 2. The Morgan fingerprint density at radius 3 is 2.52 bits per heavy atom. The van der Waals surface area contributed by atoms with Gasteiger partial charge in [0, 0.05) is 16.5 Å². The fourth-order valence-corrected chi connectivity index (χ4v) is 3.49. The first-order chi connectivity index (χ1) is 14.1. The number of aryl methyl sites for hydroxylation is 1. The Kier molecular flexibility index (Phi) is 6.92. The predicted octanol–water partition coefficient (Wildman–Crippen LogP) is 5.11. The van der Waals surface area contributed by atoms with Crippen molar-refractivity contribution < 1.29 is 14.0 Å². The second-order valence-corrected chi connectivity index (χ2v) is 7.53. The molecule has 0 saturated heterocycles. The molecule has 0 spiro atoms. The Bertz CT molecular complexity index is 1030. The number of amides is 2. The lowest BCUT2D eigenvalue weighted by molar-refractivity contribution is -0.113. The maximum absolute atomic E-state index is 13.0. The Labute approximate surface area is 174 Å². The number of anilines is 1. The number of para-hydroxylation sites is 1. The van der Waals surface area contributed by atoms with Gasteiger partial charge >= 0.3 is 0 Å². The Morgan fingerprint density at radius 1 is 1.03 bits per heavy atom. The molecular weight excluding hydrogens is 384 g/mol. The van der Waals surface area contributed by atoms with Crippen molar-refractivity contribution in [1.29, 1.82) is 0 Å². The molecule has 0 radical (unpaired) electrons. The van der Waals surface area contributed by atoms with Crippen LogP contribution in [0.1, 0.15) is 28.6 Å².